The molecule has 0 aliphatic heterocycles. The lowest BCUT2D eigenvalue weighted by Crippen LogP contribution is -2.41. The van der Waals surface area contributed by atoms with E-state index in [4.69, 9.17) is 9.47 Å². The lowest BCUT2D eigenvalue weighted by molar-refractivity contribution is -0.120. The van der Waals surface area contributed by atoms with Crippen LogP contribution in [0.2, 0.25) is 0 Å². The molecular weight excluding hydrogens is 392 g/mol. The van der Waals surface area contributed by atoms with E-state index in [9.17, 15) is 13.2 Å². The molecule has 0 saturated carbocycles. The zero-order chi connectivity index (χ0) is 21.8. The van der Waals surface area contributed by atoms with Gasteiger partial charge in [0.05, 0.1) is 32.2 Å². The Morgan fingerprint density at radius 2 is 1.69 bits per heavy atom. The lowest BCUT2D eigenvalue weighted by Gasteiger charge is -2.24. The van der Waals surface area contributed by atoms with Crippen molar-refractivity contribution >= 4 is 21.6 Å². The summed E-state index contributed by atoms with van der Waals surface area (Å²) >= 11 is 0. The number of anilines is 1. The third kappa shape index (κ3) is 5.63. The highest BCUT2D eigenvalue weighted by Gasteiger charge is 2.22. The minimum absolute atomic E-state index is 0.307. The third-order valence-electron chi connectivity index (χ3n) is 4.75. The number of hydrogen-bond donors (Lipinski definition) is 1. The van der Waals surface area contributed by atoms with Gasteiger partial charge in [0.25, 0.3) is 0 Å². The molecule has 0 aromatic heterocycles. The summed E-state index contributed by atoms with van der Waals surface area (Å²) in [4.78, 5) is 12.6. The molecule has 7 nitrogen and oxygen atoms in total. The molecule has 0 heterocycles. The van der Waals surface area contributed by atoms with Crippen molar-refractivity contribution < 1.29 is 22.7 Å². The number of ether oxygens (including phenoxy) is 2. The highest BCUT2D eigenvalue weighted by atomic mass is 32.2. The smallest absolute Gasteiger partial charge is 0.241 e. The first-order valence-electron chi connectivity index (χ1n) is 9.13. The fourth-order valence-electron chi connectivity index (χ4n) is 2.90. The van der Waals surface area contributed by atoms with E-state index < -0.39 is 15.9 Å². The first kappa shape index (κ1) is 22.5. The lowest BCUT2D eigenvalue weighted by atomic mass is 10.1. The van der Waals surface area contributed by atoms with E-state index in [-0.39, 0.29) is 12.6 Å². The van der Waals surface area contributed by atoms with Crippen LogP contribution in [0, 0.1) is 13.8 Å². The van der Waals surface area contributed by atoms with E-state index in [1.807, 2.05) is 32.9 Å². The largest absolute Gasteiger partial charge is 0.493 e. The number of carbonyl (C=O) groups is 1. The molecule has 1 N–H and O–H groups in total. The van der Waals surface area contributed by atoms with Gasteiger partial charge in [-0.05, 0) is 61.7 Å². The summed E-state index contributed by atoms with van der Waals surface area (Å²) in [5.41, 5.74) is 3.28. The summed E-state index contributed by atoms with van der Waals surface area (Å²) in [5, 5.41) is 2.84. The summed E-state index contributed by atoms with van der Waals surface area (Å²) in [6, 6.07) is 10.3. The van der Waals surface area contributed by atoms with E-state index in [2.05, 4.69) is 5.32 Å². The number of hydrogen-bond acceptors (Lipinski definition) is 5. The molecule has 1 atom stereocenters. The number of aryl methyl sites for hydroxylation is 2. The maximum atomic E-state index is 12.6. The van der Waals surface area contributed by atoms with E-state index >= 15 is 0 Å². The molecule has 0 saturated heterocycles. The van der Waals surface area contributed by atoms with Gasteiger partial charge >= 0.3 is 0 Å². The van der Waals surface area contributed by atoms with Crippen LogP contribution in [0.5, 0.6) is 11.5 Å². The number of benzene rings is 2. The summed E-state index contributed by atoms with van der Waals surface area (Å²) in [6.45, 7) is 5.36. The molecule has 0 bridgehead atoms. The van der Waals surface area contributed by atoms with Crippen LogP contribution in [0.25, 0.3) is 0 Å². The molecule has 0 fully saturated rings. The first-order valence-corrected chi connectivity index (χ1v) is 11.0. The number of amides is 1. The molecule has 2 aromatic rings. The predicted octanol–water partition coefficient (Wildman–Crippen LogP) is 2.96. The maximum absolute atomic E-state index is 12.6. The Morgan fingerprint density at radius 3 is 2.24 bits per heavy atom. The zero-order valence-electron chi connectivity index (χ0n) is 17.6. The van der Waals surface area contributed by atoms with E-state index in [1.54, 1.807) is 38.5 Å². The van der Waals surface area contributed by atoms with Crippen LogP contribution in [0.3, 0.4) is 0 Å². The van der Waals surface area contributed by atoms with Gasteiger partial charge in [-0.15, -0.1) is 0 Å². The highest BCUT2D eigenvalue weighted by molar-refractivity contribution is 7.92. The molecule has 0 unspecified atom stereocenters. The number of sulfonamides is 1. The minimum Gasteiger partial charge on any atom is -0.493 e. The second kappa shape index (κ2) is 9.17. The topological polar surface area (TPSA) is 84.9 Å². The minimum atomic E-state index is -3.63. The van der Waals surface area contributed by atoms with Gasteiger partial charge in [0.2, 0.25) is 15.9 Å². The molecule has 0 aliphatic rings. The fraction of sp³-hybridized carbons (Fsp3) is 0.381. The Bertz CT molecular complexity index is 989. The van der Waals surface area contributed by atoms with Gasteiger partial charge < -0.3 is 14.8 Å². The van der Waals surface area contributed by atoms with Gasteiger partial charge in [0, 0.05) is 0 Å². The molecule has 158 valence electrons. The van der Waals surface area contributed by atoms with Crippen LogP contribution < -0.4 is 19.1 Å². The fourth-order valence-corrected chi connectivity index (χ4v) is 3.75. The van der Waals surface area contributed by atoms with Gasteiger partial charge in [0.15, 0.2) is 11.5 Å². The van der Waals surface area contributed by atoms with Crippen molar-refractivity contribution in [3.63, 3.8) is 0 Å². The number of carbonyl (C=O) groups excluding carboxylic acids is 1. The number of nitrogens with zero attached hydrogens (tertiary/aromatic N) is 1. The van der Waals surface area contributed by atoms with Crippen molar-refractivity contribution in [3.8, 4) is 11.5 Å². The van der Waals surface area contributed by atoms with Crippen molar-refractivity contribution in [1.82, 2.24) is 5.32 Å². The molecule has 29 heavy (non-hydrogen) atoms. The Labute approximate surface area is 172 Å². The molecule has 0 spiro atoms. The van der Waals surface area contributed by atoms with Gasteiger partial charge in [-0.3, -0.25) is 9.10 Å². The van der Waals surface area contributed by atoms with E-state index in [0.29, 0.717) is 17.2 Å². The Morgan fingerprint density at radius 1 is 1.03 bits per heavy atom. The molecule has 1 amide bonds. The Balaban J connectivity index is 2.19. The number of rotatable bonds is 8. The molecule has 8 heteroatoms. The normalized spacial score (nSPS) is 12.2. The molecule has 0 aliphatic carbocycles. The van der Waals surface area contributed by atoms with Crippen molar-refractivity contribution in [1.29, 1.82) is 0 Å². The standard InChI is InChI=1S/C21H28N2O5S/c1-14-7-9-18(11-15(14)2)23(29(6,25)26)13-21(24)22-16(3)17-8-10-19(27-4)20(12-17)28-5/h7-12,16H,13H2,1-6H3,(H,22,24)/t16-/m1/s1. The van der Waals surface area contributed by atoms with Gasteiger partial charge in [-0.2, -0.15) is 0 Å². The maximum Gasteiger partial charge on any atom is 0.241 e. The van der Waals surface area contributed by atoms with Gasteiger partial charge in [-0.1, -0.05) is 12.1 Å². The highest BCUT2D eigenvalue weighted by Crippen LogP contribution is 2.30. The van der Waals surface area contributed by atoms with Crippen LogP contribution >= 0.6 is 0 Å². The zero-order valence-corrected chi connectivity index (χ0v) is 18.5. The summed E-state index contributed by atoms with van der Waals surface area (Å²) < 4.78 is 36.2. The van der Waals surface area contributed by atoms with Crippen LogP contribution in [-0.2, 0) is 14.8 Å². The van der Waals surface area contributed by atoms with E-state index in [1.165, 1.54) is 0 Å². The second-order valence-electron chi connectivity index (χ2n) is 6.94. The first-order chi connectivity index (χ1) is 13.6. The van der Waals surface area contributed by atoms with Crippen LogP contribution in [0.15, 0.2) is 36.4 Å². The Hall–Kier alpha value is -2.74. The van der Waals surface area contributed by atoms with Gasteiger partial charge in [-0.25, -0.2) is 8.42 Å². The second-order valence-corrected chi connectivity index (χ2v) is 8.85. The SMILES string of the molecule is COc1ccc([C@@H](C)NC(=O)CN(c2ccc(C)c(C)c2)S(C)(=O)=O)cc1OC. The predicted molar refractivity (Wildman–Crippen MR) is 114 cm³/mol. The van der Waals surface area contributed by atoms with Crippen molar-refractivity contribution in [2.45, 2.75) is 26.8 Å². The van der Waals surface area contributed by atoms with Crippen molar-refractivity contribution in [3.05, 3.63) is 53.1 Å². The number of methoxy groups -OCH3 is 2. The van der Waals surface area contributed by atoms with Crippen molar-refractivity contribution in [2.24, 2.45) is 0 Å². The average Bonchev–Trinajstić information content (AvgIpc) is 2.66. The molecule has 2 rings (SSSR count). The summed E-state index contributed by atoms with van der Waals surface area (Å²) in [7, 11) is -0.536. The monoisotopic (exact) mass is 420 g/mol. The molecule has 0 radical (unpaired) electrons. The van der Waals surface area contributed by atoms with Gasteiger partial charge in [0.1, 0.15) is 6.54 Å². The third-order valence-corrected chi connectivity index (χ3v) is 5.89. The van der Waals surface area contributed by atoms with Crippen LogP contribution in [0.1, 0.15) is 29.7 Å². The average molecular weight is 421 g/mol. The molecule has 2 aromatic carbocycles. The quantitative estimate of drug-likeness (QED) is 0.710. The van der Waals surface area contributed by atoms with Crippen LogP contribution in [-0.4, -0.2) is 41.3 Å². The summed E-state index contributed by atoms with van der Waals surface area (Å²) in [5.74, 6) is 0.739. The van der Waals surface area contributed by atoms with Crippen molar-refractivity contribution in [2.75, 3.05) is 31.3 Å². The number of nitrogens with one attached hydrogen (secondary N) is 1. The van der Waals surface area contributed by atoms with E-state index in [0.717, 1.165) is 27.3 Å². The summed E-state index contributed by atoms with van der Waals surface area (Å²) in [6.07, 6.45) is 1.09. The molecular formula is C21H28N2O5S. The van der Waals surface area contributed by atoms with Crippen LogP contribution in [0.4, 0.5) is 5.69 Å². The Kier molecular flexibility index (Phi) is 7.13.